The molecule has 2 rings (SSSR count). The number of pyridine rings is 1. The number of hydrogen-bond donors (Lipinski definition) is 0. The Balaban J connectivity index is 2.64. The molecule has 0 atom stereocenters. The van der Waals surface area contributed by atoms with Crippen LogP contribution in [0, 0.1) is 0 Å². The number of aryl methyl sites for hydroxylation is 1. The molecule has 0 spiro atoms. The fourth-order valence-corrected chi connectivity index (χ4v) is 2.08. The molecule has 17 heavy (non-hydrogen) atoms. The monoisotopic (exact) mass is 296 g/mol. The fourth-order valence-electron chi connectivity index (χ4n) is 1.74. The quantitative estimate of drug-likeness (QED) is 0.818. The van der Waals surface area contributed by atoms with Crippen LogP contribution in [0.5, 0.6) is 0 Å². The Hall–Kier alpha value is -1.36. The maximum atomic E-state index is 11.9. The van der Waals surface area contributed by atoms with Crippen LogP contribution in [0.2, 0.25) is 0 Å². The smallest absolute Gasteiger partial charge is 0.342 e. The topological polar surface area (TPSA) is 43.6 Å². The molecule has 0 aliphatic heterocycles. The number of carbonyl (C=O) groups is 1. The molecule has 0 aliphatic rings. The highest BCUT2D eigenvalue weighted by Gasteiger charge is 2.19. The van der Waals surface area contributed by atoms with Gasteiger partial charge in [-0.2, -0.15) is 5.10 Å². The van der Waals surface area contributed by atoms with Gasteiger partial charge in [0, 0.05) is 10.7 Å². The van der Waals surface area contributed by atoms with Gasteiger partial charge in [0.2, 0.25) is 0 Å². The zero-order valence-corrected chi connectivity index (χ0v) is 11.3. The molecule has 0 aromatic carbocycles. The summed E-state index contributed by atoms with van der Waals surface area (Å²) in [6.07, 6.45) is 2.52. The summed E-state index contributed by atoms with van der Waals surface area (Å²) in [7, 11) is 0. The summed E-state index contributed by atoms with van der Waals surface area (Å²) in [6, 6.07) is 3.76. The Morgan fingerprint density at radius 3 is 2.94 bits per heavy atom. The predicted octanol–water partition coefficient (Wildman–Crippen LogP) is 2.84. The lowest BCUT2D eigenvalue weighted by molar-refractivity contribution is 0.0527. The summed E-state index contributed by atoms with van der Waals surface area (Å²) < 4.78 is 7.69. The average molecular weight is 297 g/mol. The first-order valence-corrected chi connectivity index (χ1v) is 6.30. The third-order valence-electron chi connectivity index (χ3n) is 2.48. The van der Waals surface area contributed by atoms with Gasteiger partial charge in [0.25, 0.3) is 0 Å². The van der Waals surface area contributed by atoms with E-state index in [4.69, 9.17) is 4.74 Å². The van der Waals surface area contributed by atoms with Crippen molar-refractivity contribution in [1.29, 1.82) is 0 Å². The molecule has 0 saturated carbocycles. The molecular formula is C12H13BrN2O2. The van der Waals surface area contributed by atoms with E-state index in [1.807, 2.05) is 25.3 Å². The third-order valence-corrected chi connectivity index (χ3v) is 2.98. The molecule has 0 bridgehead atoms. The van der Waals surface area contributed by atoms with Crippen molar-refractivity contribution in [2.45, 2.75) is 20.3 Å². The van der Waals surface area contributed by atoms with Gasteiger partial charge in [-0.3, -0.25) is 0 Å². The molecular weight excluding hydrogens is 284 g/mol. The lowest BCUT2D eigenvalue weighted by Crippen LogP contribution is -2.06. The molecule has 0 unspecified atom stereocenters. The Labute approximate surface area is 108 Å². The molecule has 0 fully saturated rings. The van der Waals surface area contributed by atoms with Crippen molar-refractivity contribution in [1.82, 2.24) is 9.61 Å². The summed E-state index contributed by atoms with van der Waals surface area (Å²) in [4.78, 5) is 11.9. The van der Waals surface area contributed by atoms with Crippen molar-refractivity contribution in [3.05, 3.63) is 34.1 Å². The normalized spacial score (nSPS) is 10.8. The van der Waals surface area contributed by atoms with Crippen molar-refractivity contribution in [2.75, 3.05) is 6.61 Å². The van der Waals surface area contributed by atoms with E-state index in [0.29, 0.717) is 18.6 Å². The second-order valence-corrected chi connectivity index (χ2v) is 4.49. The summed E-state index contributed by atoms with van der Waals surface area (Å²) in [5.74, 6) is -0.308. The van der Waals surface area contributed by atoms with Crippen LogP contribution in [-0.2, 0) is 11.2 Å². The second-order valence-electron chi connectivity index (χ2n) is 3.57. The molecule has 0 radical (unpaired) electrons. The van der Waals surface area contributed by atoms with Crippen LogP contribution in [0.3, 0.4) is 0 Å². The largest absolute Gasteiger partial charge is 0.462 e. The van der Waals surface area contributed by atoms with Crippen LogP contribution in [0.4, 0.5) is 0 Å². The van der Waals surface area contributed by atoms with Crippen molar-refractivity contribution in [2.24, 2.45) is 0 Å². The van der Waals surface area contributed by atoms with E-state index in [1.165, 1.54) is 0 Å². The Bertz CT molecular complexity index is 563. The Morgan fingerprint density at radius 1 is 1.53 bits per heavy atom. The number of carbonyl (C=O) groups excluding carboxylic acids is 1. The number of ether oxygens (including phenoxy) is 1. The number of halogens is 1. The highest BCUT2D eigenvalue weighted by atomic mass is 79.9. The predicted molar refractivity (Wildman–Crippen MR) is 68.2 cm³/mol. The van der Waals surface area contributed by atoms with E-state index in [0.717, 1.165) is 15.7 Å². The third kappa shape index (κ3) is 2.20. The van der Waals surface area contributed by atoms with Crippen LogP contribution in [-0.4, -0.2) is 22.2 Å². The number of nitrogens with zero attached hydrogens (tertiary/aromatic N) is 2. The second kappa shape index (κ2) is 4.87. The van der Waals surface area contributed by atoms with Crippen molar-refractivity contribution < 1.29 is 9.53 Å². The minimum atomic E-state index is -0.308. The number of fused-ring (bicyclic) bond motifs is 1. The lowest BCUT2D eigenvalue weighted by Gasteiger charge is -2.01. The number of esters is 1. The average Bonchev–Trinajstić information content (AvgIpc) is 2.66. The highest BCUT2D eigenvalue weighted by molar-refractivity contribution is 9.10. The molecule has 2 aromatic heterocycles. The maximum Gasteiger partial charge on any atom is 0.342 e. The minimum Gasteiger partial charge on any atom is -0.462 e. The molecule has 2 heterocycles. The first kappa shape index (κ1) is 12.1. The zero-order chi connectivity index (χ0) is 12.4. The number of hydrogen-bond acceptors (Lipinski definition) is 3. The SMILES string of the molecule is CCOC(=O)c1c(CC)nn2ccc(Br)cc12. The van der Waals surface area contributed by atoms with Gasteiger partial charge >= 0.3 is 5.97 Å². The van der Waals surface area contributed by atoms with Gasteiger partial charge in [-0.15, -0.1) is 0 Å². The molecule has 0 saturated heterocycles. The van der Waals surface area contributed by atoms with E-state index in [9.17, 15) is 4.79 Å². The molecule has 90 valence electrons. The summed E-state index contributed by atoms with van der Waals surface area (Å²) >= 11 is 3.39. The first-order valence-electron chi connectivity index (χ1n) is 5.51. The Morgan fingerprint density at radius 2 is 2.29 bits per heavy atom. The first-order chi connectivity index (χ1) is 8.17. The molecule has 4 nitrogen and oxygen atoms in total. The highest BCUT2D eigenvalue weighted by Crippen LogP contribution is 2.21. The van der Waals surface area contributed by atoms with Crippen LogP contribution >= 0.6 is 15.9 Å². The van der Waals surface area contributed by atoms with Crippen LogP contribution < -0.4 is 0 Å². The van der Waals surface area contributed by atoms with Gasteiger partial charge in [-0.1, -0.05) is 22.9 Å². The standard InChI is InChI=1S/C12H13BrN2O2/c1-3-9-11(12(16)17-4-2)10-7-8(13)5-6-15(10)14-9/h5-7H,3-4H2,1-2H3. The number of aromatic nitrogens is 2. The van der Waals surface area contributed by atoms with E-state index in [1.54, 1.807) is 11.4 Å². The van der Waals surface area contributed by atoms with Crippen LogP contribution in [0.1, 0.15) is 29.9 Å². The van der Waals surface area contributed by atoms with E-state index in [-0.39, 0.29) is 5.97 Å². The molecule has 2 aromatic rings. The molecule has 5 heteroatoms. The summed E-state index contributed by atoms with van der Waals surface area (Å²) in [6.45, 7) is 4.14. The zero-order valence-electron chi connectivity index (χ0n) is 9.74. The summed E-state index contributed by atoms with van der Waals surface area (Å²) in [5.41, 5.74) is 2.10. The number of rotatable bonds is 3. The van der Waals surface area contributed by atoms with E-state index < -0.39 is 0 Å². The van der Waals surface area contributed by atoms with E-state index >= 15 is 0 Å². The molecule has 0 N–H and O–H groups in total. The maximum absolute atomic E-state index is 11.9. The van der Waals surface area contributed by atoms with Gasteiger partial charge in [-0.05, 0) is 25.5 Å². The van der Waals surface area contributed by atoms with Gasteiger partial charge in [-0.25, -0.2) is 9.31 Å². The van der Waals surface area contributed by atoms with Crippen molar-refractivity contribution >= 4 is 27.4 Å². The Kier molecular flexibility index (Phi) is 3.47. The van der Waals surface area contributed by atoms with Gasteiger partial charge in [0.1, 0.15) is 5.56 Å². The summed E-state index contributed by atoms with van der Waals surface area (Å²) in [5, 5.41) is 4.37. The van der Waals surface area contributed by atoms with Gasteiger partial charge < -0.3 is 4.74 Å². The van der Waals surface area contributed by atoms with Crippen molar-refractivity contribution in [3.8, 4) is 0 Å². The lowest BCUT2D eigenvalue weighted by atomic mass is 10.1. The van der Waals surface area contributed by atoms with E-state index in [2.05, 4.69) is 21.0 Å². The van der Waals surface area contributed by atoms with Crippen molar-refractivity contribution in [3.63, 3.8) is 0 Å². The van der Waals surface area contributed by atoms with Crippen LogP contribution in [0.15, 0.2) is 22.8 Å². The fraction of sp³-hybridized carbons (Fsp3) is 0.333. The van der Waals surface area contributed by atoms with Gasteiger partial charge in [0.05, 0.1) is 17.8 Å². The minimum absolute atomic E-state index is 0.308. The van der Waals surface area contributed by atoms with Crippen LogP contribution in [0.25, 0.3) is 5.52 Å². The molecule has 0 aliphatic carbocycles. The van der Waals surface area contributed by atoms with Gasteiger partial charge in [0.15, 0.2) is 0 Å². The molecule has 0 amide bonds.